The van der Waals surface area contributed by atoms with Crippen molar-refractivity contribution in [1.29, 1.82) is 0 Å². The molecule has 0 unspecified atom stereocenters. The zero-order chi connectivity index (χ0) is 18.8. The fourth-order valence-electron chi connectivity index (χ4n) is 2.50. The summed E-state index contributed by atoms with van der Waals surface area (Å²) < 4.78 is 65.3. The highest BCUT2D eigenvalue weighted by Gasteiger charge is 2.48. The highest BCUT2D eigenvalue weighted by Crippen LogP contribution is 2.36. The molecule has 0 bridgehead atoms. The third-order valence-electron chi connectivity index (χ3n) is 3.73. The maximum Gasteiger partial charge on any atom is 0.534 e. The molecule has 0 fully saturated rings. The van der Waals surface area contributed by atoms with Gasteiger partial charge in [0.2, 0.25) is 0 Å². The van der Waals surface area contributed by atoms with Gasteiger partial charge in [-0.25, -0.2) is 0 Å². The van der Waals surface area contributed by atoms with Gasteiger partial charge in [-0.2, -0.15) is 21.6 Å². The van der Waals surface area contributed by atoms with Crippen molar-refractivity contribution in [3.63, 3.8) is 0 Å². The molecule has 0 spiro atoms. The summed E-state index contributed by atoms with van der Waals surface area (Å²) in [4.78, 5) is 4.20. The second-order valence-corrected chi connectivity index (χ2v) is 7.09. The molecule has 136 valence electrons. The number of nitrogens with zero attached hydrogens (tertiary/aromatic N) is 1. The number of allylic oxidation sites excluding steroid dienone is 4. The van der Waals surface area contributed by atoms with E-state index in [0.29, 0.717) is 23.3 Å². The third-order valence-corrected chi connectivity index (χ3v) is 4.70. The molecule has 1 aromatic carbocycles. The van der Waals surface area contributed by atoms with Gasteiger partial charge in [0, 0.05) is 17.3 Å². The predicted molar refractivity (Wildman–Crippen MR) is 91.6 cm³/mol. The van der Waals surface area contributed by atoms with Crippen LogP contribution in [0.4, 0.5) is 13.2 Å². The monoisotopic (exact) mass is 381 g/mol. The van der Waals surface area contributed by atoms with Gasteiger partial charge in [-0.05, 0) is 48.7 Å². The Hall–Kier alpha value is -2.61. The standard InChI is InChI=1S/C18H14F3NO3S/c19-18(20,21)26(23,24)25-17-10-9-14(16-8-4-5-11-22-16)12-15(17)13-6-2-1-3-7-13/h2,4-12H,1,3H2. The summed E-state index contributed by atoms with van der Waals surface area (Å²) in [7, 11) is -5.76. The van der Waals surface area contributed by atoms with Gasteiger partial charge < -0.3 is 4.18 Å². The van der Waals surface area contributed by atoms with E-state index in [4.69, 9.17) is 0 Å². The molecule has 1 heterocycles. The van der Waals surface area contributed by atoms with E-state index in [0.717, 1.165) is 6.42 Å². The molecule has 26 heavy (non-hydrogen) atoms. The molecule has 0 aliphatic heterocycles. The van der Waals surface area contributed by atoms with Crippen LogP contribution in [0.3, 0.4) is 0 Å². The van der Waals surface area contributed by atoms with Gasteiger partial charge >= 0.3 is 15.6 Å². The Bertz CT molecular complexity index is 965. The van der Waals surface area contributed by atoms with Crippen molar-refractivity contribution in [1.82, 2.24) is 4.98 Å². The Morgan fingerprint density at radius 3 is 2.50 bits per heavy atom. The largest absolute Gasteiger partial charge is 0.534 e. The number of aromatic nitrogens is 1. The Morgan fingerprint density at radius 1 is 1.08 bits per heavy atom. The maximum absolute atomic E-state index is 12.7. The summed E-state index contributed by atoms with van der Waals surface area (Å²) in [5, 5.41) is 0. The molecule has 0 saturated carbocycles. The van der Waals surface area contributed by atoms with Crippen molar-refractivity contribution < 1.29 is 25.8 Å². The van der Waals surface area contributed by atoms with E-state index in [2.05, 4.69) is 9.17 Å². The molecule has 3 rings (SSSR count). The van der Waals surface area contributed by atoms with Crippen LogP contribution in [-0.4, -0.2) is 18.9 Å². The highest BCUT2D eigenvalue weighted by molar-refractivity contribution is 7.88. The molecule has 0 radical (unpaired) electrons. The molecule has 1 aliphatic carbocycles. The van der Waals surface area contributed by atoms with Crippen molar-refractivity contribution in [2.24, 2.45) is 0 Å². The molecule has 4 nitrogen and oxygen atoms in total. The van der Waals surface area contributed by atoms with E-state index in [9.17, 15) is 21.6 Å². The molecule has 0 N–H and O–H groups in total. The number of hydrogen-bond acceptors (Lipinski definition) is 4. The minimum atomic E-state index is -5.76. The van der Waals surface area contributed by atoms with Gasteiger partial charge in [-0.1, -0.05) is 24.3 Å². The lowest BCUT2D eigenvalue weighted by atomic mass is 9.96. The van der Waals surface area contributed by atoms with Crippen molar-refractivity contribution in [3.8, 4) is 17.0 Å². The Balaban J connectivity index is 2.10. The van der Waals surface area contributed by atoms with Gasteiger partial charge in [0.05, 0.1) is 5.69 Å². The summed E-state index contributed by atoms with van der Waals surface area (Å²) in [6.07, 6.45) is 8.52. The second kappa shape index (κ2) is 6.95. The molecular formula is C18H14F3NO3S. The van der Waals surface area contributed by atoms with Crippen LogP contribution in [0.1, 0.15) is 18.4 Å². The summed E-state index contributed by atoms with van der Waals surface area (Å²) in [6.45, 7) is 0. The number of hydrogen-bond donors (Lipinski definition) is 0. The Labute approximate surface area is 148 Å². The van der Waals surface area contributed by atoms with E-state index >= 15 is 0 Å². The van der Waals surface area contributed by atoms with E-state index in [1.165, 1.54) is 12.1 Å². The SMILES string of the molecule is O=S(=O)(Oc1ccc(-c2ccccn2)cc1C1=CCCC=C1)C(F)(F)F. The number of benzene rings is 1. The first kappa shape index (κ1) is 18.2. The van der Waals surface area contributed by atoms with Crippen LogP contribution in [0.15, 0.2) is 60.8 Å². The minimum Gasteiger partial charge on any atom is -0.375 e. The van der Waals surface area contributed by atoms with Crippen molar-refractivity contribution in [3.05, 3.63) is 66.4 Å². The molecule has 2 aromatic rings. The van der Waals surface area contributed by atoms with Gasteiger partial charge in [-0.3, -0.25) is 4.98 Å². The van der Waals surface area contributed by atoms with Gasteiger partial charge in [-0.15, -0.1) is 0 Å². The molecule has 0 amide bonds. The Morgan fingerprint density at radius 2 is 1.88 bits per heavy atom. The zero-order valence-electron chi connectivity index (χ0n) is 13.4. The molecule has 1 aliphatic rings. The summed E-state index contributed by atoms with van der Waals surface area (Å²) in [5.74, 6) is -0.375. The minimum absolute atomic E-state index is 0.261. The summed E-state index contributed by atoms with van der Waals surface area (Å²) in [6, 6.07) is 9.53. The number of pyridine rings is 1. The molecular weight excluding hydrogens is 367 g/mol. The van der Waals surface area contributed by atoms with E-state index in [1.54, 1.807) is 36.5 Å². The average molecular weight is 381 g/mol. The average Bonchev–Trinajstić information content (AvgIpc) is 2.62. The lowest BCUT2D eigenvalue weighted by molar-refractivity contribution is -0.0500. The molecule has 0 atom stereocenters. The van der Waals surface area contributed by atoms with Crippen molar-refractivity contribution in [2.75, 3.05) is 0 Å². The zero-order valence-corrected chi connectivity index (χ0v) is 14.2. The van der Waals surface area contributed by atoms with Crippen LogP contribution < -0.4 is 4.18 Å². The lowest BCUT2D eigenvalue weighted by Crippen LogP contribution is -2.28. The highest BCUT2D eigenvalue weighted by atomic mass is 32.2. The predicted octanol–water partition coefficient (Wildman–Crippen LogP) is 4.71. The quantitative estimate of drug-likeness (QED) is 0.569. The normalized spacial score (nSPS) is 14.8. The number of rotatable bonds is 4. The van der Waals surface area contributed by atoms with Crippen LogP contribution in [-0.2, 0) is 10.1 Å². The third kappa shape index (κ3) is 3.80. The first-order chi connectivity index (χ1) is 12.3. The van der Waals surface area contributed by atoms with Crippen LogP contribution in [0.25, 0.3) is 16.8 Å². The fraction of sp³-hybridized carbons (Fsp3) is 0.167. The topological polar surface area (TPSA) is 56.3 Å². The summed E-state index contributed by atoms with van der Waals surface area (Å²) >= 11 is 0. The van der Waals surface area contributed by atoms with E-state index < -0.39 is 15.6 Å². The van der Waals surface area contributed by atoms with E-state index in [1.807, 2.05) is 12.2 Å². The lowest BCUT2D eigenvalue weighted by Gasteiger charge is -2.16. The molecule has 8 heteroatoms. The van der Waals surface area contributed by atoms with Crippen molar-refractivity contribution >= 4 is 15.7 Å². The van der Waals surface area contributed by atoms with Crippen LogP contribution >= 0.6 is 0 Å². The smallest absolute Gasteiger partial charge is 0.375 e. The van der Waals surface area contributed by atoms with E-state index in [-0.39, 0.29) is 11.3 Å². The second-order valence-electron chi connectivity index (χ2n) is 5.55. The molecule has 0 saturated heterocycles. The van der Waals surface area contributed by atoms with Gasteiger partial charge in [0.15, 0.2) is 5.75 Å². The van der Waals surface area contributed by atoms with Crippen molar-refractivity contribution in [2.45, 2.75) is 18.3 Å². The van der Waals surface area contributed by atoms with Crippen LogP contribution in [0.2, 0.25) is 0 Å². The number of alkyl halides is 3. The van der Waals surface area contributed by atoms with Gasteiger partial charge in [0.25, 0.3) is 0 Å². The first-order valence-corrected chi connectivity index (χ1v) is 9.12. The Kier molecular flexibility index (Phi) is 4.86. The van der Waals surface area contributed by atoms with Gasteiger partial charge in [0.1, 0.15) is 0 Å². The summed E-state index contributed by atoms with van der Waals surface area (Å²) in [5.41, 5.74) is -3.39. The fourth-order valence-corrected chi connectivity index (χ4v) is 2.98. The maximum atomic E-state index is 12.7. The van der Waals surface area contributed by atoms with Crippen LogP contribution in [0, 0.1) is 0 Å². The molecule has 1 aromatic heterocycles. The number of halogens is 3. The van der Waals surface area contributed by atoms with Crippen LogP contribution in [0.5, 0.6) is 5.75 Å². The first-order valence-electron chi connectivity index (χ1n) is 7.71.